The zero-order valence-electron chi connectivity index (χ0n) is 9.36. The number of carbonyl (C=O) groups excluding carboxylic acids is 1. The highest BCUT2D eigenvalue weighted by Crippen LogP contribution is 2.37. The lowest BCUT2D eigenvalue weighted by Gasteiger charge is -2.29. The molecule has 0 radical (unpaired) electrons. The lowest BCUT2D eigenvalue weighted by atomic mass is 9.75. The van der Waals surface area contributed by atoms with Gasteiger partial charge in [0.15, 0.2) is 0 Å². The van der Waals surface area contributed by atoms with Crippen LogP contribution < -0.4 is 0 Å². The van der Waals surface area contributed by atoms with Crippen LogP contribution in [0.3, 0.4) is 0 Å². The van der Waals surface area contributed by atoms with Crippen molar-refractivity contribution >= 4 is 5.78 Å². The van der Waals surface area contributed by atoms with Gasteiger partial charge in [0.2, 0.25) is 0 Å². The van der Waals surface area contributed by atoms with E-state index in [0.717, 1.165) is 6.42 Å². The van der Waals surface area contributed by atoms with Crippen LogP contribution in [0.15, 0.2) is 24.3 Å². The number of fused-ring (bicyclic) bond motifs is 1. The third-order valence-corrected chi connectivity index (χ3v) is 2.93. The number of carbonyl (C=O) groups is 1. The standard InChI is InChI=1S/C13H17NO/c1-14(2)9-12(15)8-11-7-10-5-3-4-6-13(10)11/h3-6,11H,7-9H2,1-2H3. The molecule has 1 atom stereocenters. The van der Waals surface area contributed by atoms with E-state index in [9.17, 15) is 4.79 Å². The number of ketones is 1. The lowest BCUT2D eigenvalue weighted by Crippen LogP contribution is -2.26. The van der Waals surface area contributed by atoms with Crippen LogP contribution in [0.5, 0.6) is 0 Å². The Balaban J connectivity index is 1.92. The molecule has 80 valence electrons. The molecular weight excluding hydrogens is 186 g/mol. The first-order valence-electron chi connectivity index (χ1n) is 5.41. The van der Waals surface area contributed by atoms with Crippen molar-refractivity contribution in [2.75, 3.05) is 20.6 Å². The number of hydrogen-bond acceptors (Lipinski definition) is 2. The van der Waals surface area contributed by atoms with Crippen LogP contribution in [0.25, 0.3) is 0 Å². The fraction of sp³-hybridized carbons (Fsp3) is 0.462. The molecule has 0 fully saturated rings. The fourth-order valence-electron chi connectivity index (χ4n) is 2.24. The summed E-state index contributed by atoms with van der Waals surface area (Å²) in [4.78, 5) is 13.6. The predicted octanol–water partition coefficient (Wildman–Crippen LogP) is 1.85. The van der Waals surface area contributed by atoms with Gasteiger partial charge in [-0.15, -0.1) is 0 Å². The first kappa shape index (κ1) is 10.4. The third kappa shape index (κ3) is 2.26. The summed E-state index contributed by atoms with van der Waals surface area (Å²) in [5.41, 5.74) is 2.80. The SMILES string of the molecule is CN(C)CC(=O)CC1Cc2ccccc21. The smallest absolute Gasteiger partial charge is 0.147 e. The minimum atomic E-state index is 0.347. The van der Waals surface area contributed by atoms with Gasteiger partial charge in [-0.1, -0.05) is 24.3 Å². The Morgan fingerprint density at radius 3 is 2.80 bits per heavy atom. The Kier molecular flexibility index (Phi) is 2.87. The number of likely N-dealkylation sites (N-methyl/N-ethyl adjacent to an activating group) is 1. The molecule has 0 aromatic heterocycles. The quantitative estimate of drug-likeness (QED) is 0.744. The Labute approximate surface area is 90.9 Å². The van der Waals surface area contributed by atoms with Crippen LogP contribution in [0.2, 0.25) is 0 Å². The van der Waals surface area contributed by atoms with E-state index in [-0.39, 0.29) is 0 Å². The van der Waals surface area contributed by atoms with Gasteiger partial charge >= 0.3 is 0 Å². The Morgan fingerprint density at radius 2 is 2.13 bits per heavy atom. The molecule has 0 N–H and O–H groups in total. The minimum Gasteiger partial charge on any atom is -0.302 e. The molecule has 2 heteroatoms. The first-order valence-corrected chi connectivity index (χ1v) is 5.41. The minimum absolute atomic E-state index is 0.347. The van der Waals surface area contributed by atoms with E-state index < -0.39 is 0 Å². The molecule has 0 heterocycles. The summed E-state index contributed by atoms with van der Waals surface area (Å²) < 4.78 is 0. The third-order valence-electron chi connectivity index (χ3n) is 2.93. The maximum absolute atomic E-state index is 11.6. The van der Waals surface area contributed by atoms with Crippen LogP contribution in [0.4, 0.5) is 0 Å². The molecule has 0 saturated carbocycles. The summed E-state index contributed by atoms with van der Waals surface area (Å²) in [6.45, 7) is 0.568. The van der Waals surface area contributed by atoms with Crippen molar-refractivity contribution in [3.8, 4) is 0 Å². The molecule has 1 unspecified atom stereocenters. The van der Waals surface area contributed by atoms with Crippen molar-refractivity contribution in [3.63, 3.8) is 0 Å². The van der Waals surface area contributed by atoms with Gasteiger partial charge in [0.25, 0.3) is 0 Å². The summed E-state index contributed by atoms with van der Waals surface area (Å²) in [6.07, 6.45) is 1.78. The van der Waals surface area contributed by atoms with Gasteiger partial charge in [0, 0.05) is 6.42 Å². The predicted molar refractivity (Wildman–Crippen MR) is 61.1 cm³/mol. The van der Waals surface area contributed by atoms with Crippen LogP contribution in [-0.4, -0.2) is 31.3 Å². The molecule has 0 aliphatic heterocycles. The molecular formula is C13H17NO. The summed E-state index contributed by atoms with van der Waals surface area (Å²) in [7, 11) is 3.87. The van der Waals surface area contributed by atoms with Crippen LogP contribution >= 0.6 is 0 Å². The van der Waals surface area contributed by atoms with Gasteiger partial charge in [0.1, 0.15) is 5.78 Å². The second kappa shape index (κ2) is 4.15. The molecule has 0 amide bonds. The van der Waals surface area contributed by atoms with Crippen molar-refractivity contribution < 1.29 is 4.79 Å². The average molecular weight is 203 g/mol. The van der Waals surface area contributed by atoms with Crippen molar-refractivity contribution in [2.45, 2.75) is 18.8 Å². The average Bonchev–Trinajstić information content (AvgIpc) is 2.13. The van der Waals surface area contributed by atoms with E-state index in [1.165, 1.54) is 11.1 Å². The van der Waals surface area contributed by atoms with Gasteiger partial charge < -0.3 is 4.90 Å². The van der Waals surface area contributed by atoms with Gasteiger partial charge in [-0.25, -0.2) is 0 Å². The normalized spacial score (nSPS) is 18.5. The molecule has 2 nitrogen and oxygen atoms in total. The van der Waals surface area contributed by atoms with Crippen LogP contribution in [0, 0.1) is 0 Å². The topological polar surface area (TPSA) is 20.3 Å². The van der Waals surface area contributed by atoms with Crippen molar-refractivity contribution in [1.82, 2.24) is 4.90 Å². The number of benzene rings is 1. The summed E-state index contributed by atoms with van der Waals surface area (Å²) >= 11 is 0. The summed E-state index contributed by atoms with van der Waals surface area (Å²) in [6, 6.07) is 8.42. The monoisotopic (exact) mass is 203 g/mol. The summed E-state index contributed by atoms with van der Waals surface area (Å²) in [5, 5.41) is 0. The highest BCUT2D eigenvalue weighted by molar-refractivity contribution is 5.81. The largest absolute Gasteiger partial charge is 0.302 e. The Morgan fingerprint density at radius 1 is 1.40 bits per heavy atom. The second-order valence-corrected chi connectivity index (χ2v) is 4.58. The molecule has 2 rings (SSSR count). The number of Topliss-reactive ketones (excluding diaryl/α,β-unsaturated/α-hetero) is 1. The van der Waals surface area contributed by atoms with E-state index in [2.05, 4.69) is 24.3 Å². The fourth-order valence-corrected chi connectivity index (χ4v) is 2.24. The van der Waals surface area contributed by atoms with E-state index in [0.29, 0.717) is 24.7 Å². The summed E-state index contributed by atoms with van der Waals surface area (Å²) in [5.74, 6) is 0.827. The van der Waals surface area contributed by atoms with Crippen molar-refractivity contribution in [1.29, 1.82) is 0 Å². The maximum atomic E-state index is 11.6. The Bertz CT molecular complexity index is 371. The molecule has 0 bridgehead atoms. The molecule has 1 aliphatic rings. The van der Waals surface area contributed by atoms with E-state index in [1.54, 1.807) is 0 Å². The zero-order valence-corrected chi connectivity index (χ0v) is 9.36. The Hall–Kier alpha value is -1.15. The maximum Gasteiger partial charge on any atom is 0.147 e. The van der Waals surface area contributed by atoms with Crippen LogP contribution in [0.1, 0.15) is 23.5 Å². The highest BCUT2D eigenvalue weighted by atomic mass is 16.1. The molecule has 1 aromatic carbocycles. The molecule has 0 saturated heterocycles. The molecule has 1 aliphatic carbocycles. The molecule has 15 heavy (non-hydrogen) atoms. The first-order chi connectivity index (χ1) is 7.16. The highest BCUT2D eigenvalue weighted by Gasteiger charge is 2.27. The zero-order chi connectivity index (χ0) is 10.8. The number of rotatable bonds is 4. The van der Waals surface area contributed by atoms with E-state index in [4.69, 9.17) is 0 Å². The van der Waals surface area contributed by atoms with E-state index >= 15 is 0 Å². The van der Waals surface area contributed by atoms with Gasteiger partial charge in [0.05, 0.1) is 6.54 Å². The van der Waals surface area contributed by atoms with Gasteiger partial charge in [-0.3, -0.25) is 4.79 Å². The van der Waals surface area contributed by atoms with Gasteiger partial charge in [-0.2, -0.15) is 0 Å². The van der Waals surface area contributed by atoms with E-state index in [1.807, 2.05) is 19.0 Å². The van der Waals surface area contributed by atoms with Gasteiger partial charge in [-0.05, 0) is 37.6 Å². The van der Waals surface area contributed by atoms with Crippen molar-refractivity contribution in [3.05, 3.63) is 35.4 Å². The lowest BCUT2D eigenvalue weighted by molar-refractivity contribution is -0.120. The molecule has 1 aromatic rings. The van der Waals surface area contributed by atoms with Crippen LogP contribution in [-0.2, 0) is 11.2 Å². The second-order valence-electron chi connectivity index (χ2n) is 4.58. The molecule has 0 spiro atoms. The van der Waals surface area contributed by atoms with Crippen molar-refractivity contribution in [2.24, 2.45) is 0 Å². The number of nitrogens with zero attached hydrogens (tertiary/aromatic N) is 1. The number of hydrogen-bond donors (Lipinski definition) is 0.